The molecule has 2 rings (SSSR count). The smallest absolute Gasteiger partial charge is 0.326 e. The molecule has 0 aromatic heterocycles. The van der Waals surface area contributed by atoms with Crippen molar-refractivity contribution in [3.63, 3.8) is 0 Å². The van der Waals surface area contributed by atoms with Crippen LogP contribution in [-0.2, 0) is 46.4 Å². The number of hydrogen-bond acceptors (Lipinski definition) is 11. The molecule has 0 saturated heterocycles. The van der Waals surface area contributed by atoms with E-state index in [9.17, 15) is 54.0 Å². The van der Waals surface area contributed by atoms with Gasteiger partial charge in [0.05, 0.1) is 12.2 Å². The molecule has 18 heteroatoms. The summed E-state index contributed by atoms with van der Waals surface area (Å²) in [7, 11) is 0. The van der Waals surface area contributed by atoms with Crippen molar-refractivity contribution in [1.29, 1.82) is 0 Å². The summed E-state index contributed by atoms with van der Waals surface area (Å²) >= 11 is 0. The number of nitrogens with one attached hydrogen (secondary N) is 6. The number of carbonyl (C=O) groups is 7. The number of aliphatic hydroxyl groups excluding tert-OH is 2. The first kappa shape index (κ1) is 57.5. The molecule has 0 spiro atoms. The maximum Gasteiger partial charge on any atom is 0.326 e. The summed E-state index contributed by atoms with van der Waals surface area (Å²) in [6, 6.07) is 6.03. The number of aromatic hydroxyl groups is 1. The van der Waals surface area contributed by atoms with E-state index >= 15 is 0 Å². The van der Waals surface area contributed by atoms with Crippen molar-refractivity contribution in [1.82, 2.24) is 31.9 Å². The van der Waals surface area contributed by atoms with Crippen molar-refractivity contribution in [3.8, 4) is 5.75 Å². The third-order valence-corrected chi connectivity index (χ3v) is 11.4. The number of phenolic OH excluding ortho intramolecular Hbond substituents is 1. The van der Waals surface area contributed by atoms with E-state index in [1.54, 1.807) is 44.2 Å². The van der Waals surface area contributed by atoms with Crippen LogP contribution in [0.3, 0.4) is 0 Å². The molecule has 6 amide bonds. The Labute approximate surface area is 395 Å². The van der Waals surface area contributed by atoms with Gasteiger partial charge in [0.25, 0.3) is 0 Å². The van der Waals surface area contributed by atoms with Crippen LogP contribution in [0.15, 0.2) is 54.6 Å². The Morgan fingerprint density at radius 1 is 0.522 bits per heavy atom. The molecule has 0 heterocycles. The van der Waals surface area contributed by atoms with Crippen LogP contribution in [0.5, 0.6) is 5.75 Å². The van der Waals surface area contributed by atoms with Crippen molar-refractivity contribution in [2.75, 3.05) is 6.54 Å². The monoisotopic (exact) mass is 940 g/mol. The molecule has 0 unspecified atom stereocenters. The first-order valence-electron chi connectivity index (χ1n) is 23.8. The SMILES string of the molecule is CCCCCCCCCCCC(=O)N[C@H](C(=O)N[C@H](C(=O)N[C@H](C(=O)N[C@@H](Cc1ccc(O)cc1)C(=O)N[C@@H](CCCCN)C(=O)N[C@@H](Cc1ccccc1)C(=O)O)[C@@H](C)O)C(C)C)[C@@H](C)O. The van der Waals surface area contributed by atoms with Gasteiger partial charge in [0, 0.05) is 19.3 Å². The van der Waals surface area contributed by atoms with Crippen molar-refractivity contribution in [2.24, 2.45) is 11.7 Å². The molecular weight excluding hydrogens is 863 g/mol. The second-order valence-corrected chi connectivity index (χ2v) is 17.7. The number of aliphatic carboxylic acids is 1. The van der Waals surface area contributed by atoms with E-state index < -0.39 is 95.8 Å². The van der Waals surface area contributed by atoms with Gasteiger partial charge in [-0.25, -0.2) is 4.79 Å². The number of carboxylic acid groups (broad SMARTS) is 1. The van der Waals surface area contributed by atoms with Crippen LogP contribution < -0.4 is 37.6 Å². The number of rotatable bonds is 33. The third-order valence-electron chi connectivity index (χ3n) is 11.4. The fraction of sp³-hybridized carbons (Fsp3) is 0.612. The number of phenols is 1. The van der Waals surface area contributed by atoms with Crippen LogP contribution in [0.25, 0.3) is 0 Å². The van der Waals surface area contributed by atoms with Gasteiger partial charge in [-0.05, 0) is 75.3 Å². The molecule has 0 bridgehead atoms. The van der Waals surface area contributed by atoms with Gasteiger partial charge in [-0.1, -0.05) is 115 Å². The number of carboxylic acids is 1. The molecule has 0 aliphatic rings. The number of nitrogens with two attached hydrogens (primary N) is 1. The van der Waals surface area contributed by atoms with Gasteiger partial charge in [-0.2, -0.15) is 0 Å². The van der Waals surface area contributed by atoms with Gasteiger partial charge in [-0.3, -0.25) is 28.8 Å². The lowest BCUT2D eigenvalue weighted by molar-refractivity contribution is -0.142. The van der Waals surface area contributed by atoms with E-state index in [4.69, 9.17) is 5.73 Å². The molecule has 8 atom stereocenters. The van der Waals surface area contributed by atoms with Crippen LogP contribution in [0, 0.1) is 5.92 Å². The molecule has 0 fully saturated rings. The molecule has 67 heavy (non-hydrogen) atoms. The molecule has 0 aliphatic carbocycles. The van der Waals surface area contributed by atoms with Crippen LogP contribution in [0.2, 0.25) is 0 Å². The Hall–Kier alpha value is -5.59. The predicted molar refractivity (Wildman–Crippen MR) is 254 cm³/mol. The van der Waals surface area contributed by atoms with Crippen LogP contribution in [-0.4, -0.2) is 117 Å². The number of aliphatic hydroxyl groups is 2. The Morgan fingerprint density at radius 3 is 1.54 bits per heavy atom. The van der Waals surface area contributed by atoms with Gasteiger partial charge in [0.2, 0.25) is 35.4 Å². The average molecular weight is 940 g/mol. The van der Waals surface area contributed by atoms with E-state index in [1.807, 2.05) is 0 Å². The van der Waals surface area contributed by atoms with Gasteiger partial charge in [-0.15, -0.1) is 0 Å². The second-order valence-electron chi connectivity index (χ2n) is 17.7. The van der Waals surface area contributed by atoms with E-state index in [0.717, 1.165) is 25.7 Å². The van der Waals surface area contributed by atoms with Crippen LogP contribution >= 0.6 is 0 Å². The minimum Gasteiger partial charge on any atom is -0.508 e. The fourth-order valence-corrected chi connectivity index (χ4v) is 7.37. The quantitative estimate of drug-likeness (QED) is 0.0461. The summed E-state index contributed by atoms with van der Waals surface area (Å²) in [5.41, 5.74) is 6.83. The zero-order valence-corrected chi connectivity index (χ0v) is 39.9. The molecule has 18 nitrogen and oxygen atoms in total. The highest BCUT2D eigenvalue weighted by Crippen LogP contribution is 2.15. The Bertz CT molecular complexity index is 1830. The lowest BCUT2D eigenvalue weighted by Crippen LogP contribution is -2.63. The highest BCUT2D eigenvalue weighted by molar-refractivity contribution is 5.97. The Balaban J connectivity index is 2.25. The average Bonchev–Trinajstić information content (AvgIpc) is 3.28. The molecule has 12 N–H and O–H groups in total. The topological polar surface area (TPSA) is 299 Å². The zero-order chi connectivity index (χ0) is 49.9. The van der Waals surface area contributed by atoms with Crippen molar-refractivity contribution in [3.05, 3.63) is 65.7 Å². The summed E-state index contributed by atoms with van der Waals surface area (Å²) in [5, 5.41) is 56.5. The van der Waals surface area contributed by atoms with Gasteiger partial charge in [0.1, 0.15) is 42.0 Å². The Kier molecular flexibility index (Phi) is 27.0. The summed E-state index contributed by atoms with van der Waals surface area (Å²) in [6.07, 6.45) is 7.52. The van der Waals surface area contributed by atoms with E-state index in [0.29, 0.717) is 36.9 Å². The van der Waals surface area contributed by atoms with Crippen molar-refractivity contribution < 1.29 is 54.0 Å². The highest BCUT2D eigenvalue weighted by Gasteiger charge is 2.36. The normalized spacial score (nSPS) is 14.8. The van der Waals surface area contributed by atoms with Crippen molar-refractivity contribution >= 4 is 41.4 Å². The van der Waals surface area contributed by atoms with Crippen LogP contribution in [0.4, 0.5) is 0 Å². The molecule has 0 aliphatic heterocycles. The zero-order valence-electron chi connectivity index (χ0n) is 39.9. The summed E-state index contributed by atoms with van der Waals surface area (Å²) in [4.78, 5) is 94.2. The Morgan fingerprint density at radius 2 is 0.985 bits per heavy atom. The predicted octanol–water partition coefficient (Wildman–Crippen LogP) is 2.64. The summed E-state index contributed by atoms with van der Waals surface area (Å²) < 4.78 is 0. The third kappa shape index (κ3) is 22.2. The maximum absolute atomic E-state index is 14.1. The molecule has 2 aromatic rings. The minimum absolute atomic E-state index is 0.0319. The molecule has 0 radical (unpaired) electrons. The van der Waals surface area contributed by atoms with E-state index in [2.05, 4.69) is 38.8 Å². The number of hydrogen-bond donors (Lipinski definition) is 11. The maximum atomic E-state index is 14.1. The fourth-order valence-electron chi connectivity index (χ4n) is 7.37. The van der Waals surface area contributed by atoms with E-state index in [1.165, 1.54) is 63.8 Å². The highest BCUT2D eigenvalue weighted by atomic mass is 16.4. The lowest BCUT2D eigenvalue weighted by atomic mass is 10.00. The molecular formula is C49H77N7O11. The van der Waals surface area contributed by atoms with Gasteiger partial charge >= 0.3 is 5.97 Å². The first-order chi connectivity index (χ1) is 31.9. The van der Waals surface area contributed by atoms with Crippen molar-refractivity contribution in [2.45, 2.75) is 179 Å². The van der Waals surface area contributed by atoms with E-state index in [-0.39, 0.29) is 31.4 Å². The van der Waals surface area contributed by atoms with Gasteiger partial charge < -0.3 is 58.1 Å². The summed E-state index contributed by atoms with van der Waals surface area (Å²) in [5.74, 6) is -6.72. The number of unbranched alkanes of at least 4 members (excludes halogenated alkanes) is 9. The van der Waals surface area contributed by atoms with Gasteiger partial charge in [0.15, 0.2) is 0 Å². The number of benzene rings is 2. The lowest BCUT2D eigenvalue weighted by Gasteiger charge is -2.30. The molecule has 0 saturated carbocycles. The number of amides is 6. The largest absolute Gasteiger partial charge is 0.508 e. The molecule has 374 valence electrons. The van der Waals surface area contributed by atoms with Crippen LogP contribution in [0.1, 0.15) is 129 Å². The minimum atomic E-state index is -1.68. The second kappa shape index (κ2) is 31.4. The molecule has 2 aromatic carbocycles. The number of carbonyl (C=O) groups excluding carboxylic acids is 6. The standard InChI is InChI=1S/C49H77N7O11/c1-6-7-8-9-10-11-12-13-17-23-40(60)54-42(32(4)57)48(65)55-41(31(2)3)46(63)56-43(33(5)58)47(64)52-38(29-35-24-26-36(59)27-25-35)45(62)51-37(22-18-19-28-50)44(61)53-39(49(66)67)30-34-20-15-14-16-21-34/h14-16,20-21,24-27,31-33,37-39,41-43,57-59H,6-13,17-19,22-23,28-30,50H2,1-5H3,(H,51,62)(H,52,64)(H,53,61)(H,54,60)(H,55,65)(H,56,63)(H,66,67)/t32-,33-,37+,38+,39+,41+,42+,43+/m1/s1. The first-order valence-corrected chi connectivity index (χ1v) is 23.8. The summed E-state index contributed by atoms with van der Waals surface area (Å²) in [6.45, 7) is 8.28.